The van der Waals surface area contributed by atoms with Crippen molar-refractivity contribution in [2.45, 2.75) is 4.90 Å². The number of nitrogens with zero attached hydrogens (tertiary/aromatic N) is 1. The van der Waals surface area contributed by atoms with Crippen LogP contribution in [-0.4, -0.2) is 23.8 Å². The molecule has 26 heavy (non-hydrogen) atoms. The van der Waals surface area contributed by atoms with Gasteiger partial charge in [-0.3, -0.25) is 4.79 Å². The lowest BCUT2D eigenvalue weighted by Gasteiger charge is -2.04. The summed E-state index contributed by atoms with van der Waals surface area (Å²) in [6.07, 6.45) is 0. The Balaban J connectivity index is 1.58. The standard InChI is InChI=1S/C18H14F2N2O2S2/c1-24-12-3-5-13(6-4-12)25-10-17(23)22-18-21-16(9-26-18)14-7-2-11(19)8-15(14)20/h2-9H,10H2,1H3,(H,21,22,23). The zero-order valence-corrected chi connectivity index (χ0v) is 15.3. The van der Waals surface area contributed by atoms with Crippen LogP contribution in [0.4, 0.5) is 13.9 Å². The highest BCUT2D eigenvalue weighted by Crippen LogP contribution is 2.28. The molecule has 0 atom stereocenters. The van der Waals surface area contributed by atoms with Gasteiger partial charge >= 0.3 is 0 Å². The molecule has 1 amide bonds. The van der Waals surface area contributed by atoms with Gasteiger partial charge in [-0.15, -0.1) is 23.1 Å². The molecule has 0 aliphatic heterocycles. The maximum Gasteiger partial charge on any atom is 0.236 e. The minimum atomic E-state index is -0.691. The lowest BCUT2D eigenvalue weighted by molar-refractivity contribution is -0.113. The van der Waals surface area contributed by atoms with Gasteiger partial charge < -0.3 is 10.1 Å². The van der Waals surface area contributed by atoms with E-state index in [1.807, 2.05) is 24.3 Å². The number of anilines is 1. The SMILES string of the molecule is COc1ccc(SCC(=O)Nc2nc(-c3ccc(F)cc3F)cs2)cc1. The van der Waals surface area contributed by atoms with Crippen LogP contribution >= 0.6 is 23.1 Å². The molecule has 2 aromatic carbocycles. The first-order valence-electron chi connectivity index (χ1n) is 7.53. The number of hydrogen-bond donors (Lipinski definition) is 1. The van der Waals surface area contributed by atoms with Crippen molar-refractivity contribution in [3.63, 3.8) is 0 Å². The van der Waals surface area contributed by atoms with Gasteiger partial charge in [0.1, 0.15) is 17.4 Å². The van der Waals surface area contributed by atoms with Gasteiger partial charge in [-0.1, -0.05) is 0 Å². The Hall–Kier alpha value is -2.45. The number of amides is 1. The van der Waals surface area contributed by atoms with Crippen LogP contribution in [-0.2, 0) is 4.79 Å². The second-order valence-corrected chi connectivity index (χ2v) is 7.08. The molecule has 0 aliphatic rings. The number of carbonyl (C=O) groups is 1. The van der Waals surface area contributed by atoms with Crippen LogP contribution in [0.5, 0.6) is 5.75 Å². The first-order chi connectivity index (χ1) is 12.5. The van der Waals surface area contributed by atoms with E-state index in [1.165, 1.54) is 35.2 Å². The minimum Gasteiger partial charge on any atom is -0.497 e. The van der Waals surface area contributed by atoms with Gasteiger partial charge in [0, 0.05) is 21.9 Å². The predicted octanol–water partition coefficient (Wildman–Crippen LogP) is 4.83. The summed E-state index contributed by atoms with van der Waals surface area (Å²) in [5.74, 6) is -0.589. The first-order valence-corrected chi connectivity index (χ1v) is 9.39. The van der Waals surface area contributed by atoms with Crippen LogP contribution in [0.1, 0.15) is 0 Å². The normalized spacial score (nSPS) is 10.6. The lowest BCUT2D eigenvalue weighted by atomic mass is 10.1. The van der Waals surface area contributed by atoms with Gasteiger partial charge in [0.15, 0.2) is 5.13 Å². The third-order valence-electron chi connectivity index (χ3n) is 3.39. The molecular formula is C18H14F2N2O2S2. The number of hydrogen-bond acceptors (Lipinski definition) is 5. The molecule has 3 rings (SSSR count). The zero-order valence-electron chi connectivity index (χ0n) is 13.7. The number of aromatic nitrogens is 1. The van der Waals surface area contributed by atoms with Gasteiger partial charge in [0.2, 0.25) is 5.91 Å². The van der Waals surface area contributed by atoms with Crippen LogP contribution in [0.25, 0.3) is 11.3 Å². The molecule has 0 unspecified atom stereocenters. The second-order valence-electron chi connectivity index (χ2n) is 5.17. The molecule has 0 aliphatic carbocycles. The molecule has 8 heteroatoms. The summed E-state index contributed by atoms with van der Waals surface area (Å²) in [4.78, 5) is 17.2. The molecule has 1 N–H and O–H groups in total. The van der Waals surface area contributed by atoms with Crippen LogP contribution in [0.3, 0.4) is 0 Å². The van der Waals surface area contributed by atoms with Crippen LogP contribution in [0, 0.1) is 11.6 Å². The molecule has 0 saturated carbocycles. The fourth-order valence-electron chi connectivity index (χ4n) is 2.13. The van der Waals surface area contributed by atoms with Crippen molar-refractivity contribution in [3.05, 3.63) is 59.5 Å². The van der Waals surface area contributed by atoms with E-state index < -0.39 is 11.6 Å². The van der Waals surface area contributed by atoms with Gasteiger partial charge in [-0.25, -0.2) is 13.8 Å². The number of thiazole rings is 1. The molecule has 0 saturated heterocycles. The van der Waals surface area contributed by atoms with Gasteiger partial charge in [-0.05, 0) is 36.4 Å². The Morgan fingerprint density at radius 2 is 2.00 bits per heavy atom. The summed E-state index contributed by atoms with van der Waals surface area (Å²) in [6.45, 7) is 0. The van der Waals surface area contributed by atoms with E-state index in [0.29, 0.717) is 10.8 Å². The van der Waals surface area contributed by atoms with Gasteiger partial charge in [0.25, 0.3) is 0 Å². The average Bonchev–Trinajstić information content (AvgIpc) is 3.08. The van der Waals surface area contributed by atoms with Crippen molar-refractivity contribution < 1.29 is 18.3 Å². The van der Waals surface area contributed by atoms with E-state index >= 15 is 0 Å². The molecular weight excluding hydrogens is 378 g/mol. The molecule has 1 aromatic heterocycles. The summed E-state index contributed by atoms with van der Waals surface area (Å²) in [7, 11) is 1.59. The average molecular weight is 392 g/mol. The summed E-state index contributed by atoms with van der Waals surface area (Å²) in [5, 5.41) is 4.66. The number of carbonyl (C=O) groups excluding carboxylic acids is 1. The van der Waals surface area contributed by atoms with Crippen LogP contribution in [0.15, 0.2) is 52.7 Å². The smallest absolute Gasteiger partial charge is 0.236 e. The molecule has 0 radical (unpaired) electrons. The third kappa shape index (κ3) is 4.59. The van der Waals surface area contributed by atoms with E-state index in [0.717, 1.165) is 16.7 Å². The maximum absolute atomic E-state index is 13.8. The molecule has 3 aromatic rings. The fourth-order valence-corrected chi connectivity index (χ4v) is 3.55. The zero-order chi connectivity index (χ0) is 18.5. The Labute approximate surface area is 157 Å². The number of ether oxygens (including phenoxy) is 1. The third-order valence-corrected chi connectivity index (χ3v) is 5.16. The molecule has 0 bridgehead atoms. The molecule has 134 valence electrons. The lowest BCUT2D eigenvalue weighted by Crippen LogP contribution is -2.13. The first kappa shape index (κ1) is 18.3. The maximum atomic E-state index is 13.8. The van der Waals surface area contributed by atoms with Crippen molar-refractivity contribution >= 4 is 34.1 Å². The number of thioether (sulfide) groups is 1. The second kappa shape index (κ2) is 8.29. The summed E-state index contributed by atoms with van der Waals surface area (Å²) in [5.41, 5.74) is 0.543. The highest BCUT2D eigenvalue weighted by molar-refractivity contribution is 8.00. The summed E-state index contributed by atoms with van der Waals surface area (Å²) in [6, 6.07) is 10.7. The van der Waals surface area contributed by atoms with Crippen LogP contribution < -0.4 is 10.1 Å². The van der Waals surface area contributed by atoms with Gasteiger partial charge in [-0.2, -0.15) is 0 Å². The minimum absolute atomic E-state index is 0.191. The fraction of sp³-hybridized carbons (Fsp3) is 0.111. The van der Waals surface area contributed by atoms with E-state index in [2.05, 4.69) is 10.3 Å². The Kier molecular flexibility index (Phi) is 5.85. The van der Waals surface area contributed by atoms with E-state index in [4.69, 9.17) is 4.74 Å². The topological polar surface area (TPSA) is 51.2 Å². The van der Waals surface area contributed by atoms with Crippen molar-refractivity contribution in [2.75, 3.05) is 18.2 Å². The molecule has 0 spiro atoms. The van der Waals surface area contributed by atoms with Crippen LogP contribution in [0.2, 0.25) is 0 Å². The Bertz CT molecular complexity index is 914. The number of halogens is 2. The number of nitrogens with one attached hydrogen (secondary N) is 1. The summed E-state index contributed by atoms with van der Waals surface area (Å²) >= 11 is 2.56. The van der Waals surface area contributed by atoms with Crippen molar-refractivity contribution in [2.24, 2.45) is 0 Å². The monoisotopic (exact) mass is 392 g/mol. The highest BCUT2D eigenvalue weighted by atomic mass is 32.2. The van der Waals surface area contributed by atoms with E-state index in [9.17, 15) is 13.6 Å². The predicted molar refractivity (Wildman–Crippen MR) is 99.8 cm³/mol. The number of methoxy groups -OCH3 is 1. The van der Waals surface area contributed by atoms with Crippen molar-refractivity contribution in [1.29, 1.82) is 0 Å². The number of rotatable bonds is 6. The van der Waals surface area contributed by atoms with Gasteiger partial charge in [0.05, 0.1) is 18.6 Å². The molecule has 4 nitrogen and oxygen atoms in total. The highest BCUT2D eigenvalue weighted by Gasteiger charge is 2.12. The van der Waals surface area contributed by atoms with Crippen molar-refractivity contribution in [1.82, 2.24) is 4.98 Å². The van der Waals surface area contributed by atoms with E-state index in [1.54, 1.807) is 12.5 Å². The molecule has 0 fully saturated rings. The number of benzene rings is 2. The molecule has 1 heterocycles. The Morgan fingerprint density at radius 3 is 2.69 bits per heavy atom. The Morgan fingerprint density at radius 1 is 1.23 bits per heavy atom. The van der Waals surface area contributed by atoms with Crippen molar-refractivity contribution in [3.8, 4) is 17.0 Å². The van der Waals surface area contributed by atoms with E-state index in [-0.39, 0.29) is 17.2 Å². The quantitative estimate of drug-likeness (QED) is 0.611. The summed E-state index contributed by atoms with van der Waals surface area (Å²) < 4.78 is 31.9. The largest absolute Gasteiger partial charge is 0.497 e.